The second-order valence-corrected chi connectivity index (χ2v) is 10.8. The molecule has 38 heavy (non-hydrogen) atoms. The number of nitrogens with zero attached hydrogens (tertiary/aromatic N) is 2. The molecular weight excluding hydrogens is 535 g/mol. The Balaban J connectivity index is 1.41. The zero-order valence-corrected chi connectivity index (χ0v) is 23.1. The predicted octanol–water partition coefficient (Wildman–Crippen LogP) is 9.00. The number of hydrogen-bond donors (Lipinski definition) is 0. The molecule has 5 rings (SSSR count). The maximum atomic E-state index is 13.6. The van der Waals surface area contributed by atoms with Gasteiger partial charge in [0.1, 0.15) is 12.4 Å². The van der Waals surface area contributed by atoms with E-state index in [0.717, 1.165) is 33.6 Å². The molecule has 1 saturated heterocycles. The molecule has 0 unspecified atom stereocenters. The monoisotopic (exact) mass is 558 g/mol. The van der Waals surface area contributed by atoms with Crippen molar-refractivity contribution < 1.29 is 9.53 Å². The van der Waals surface area contributed by atoms with Crippen LogP contribution in [0.4, 0.5) is 11.4 Å². The zero-order chi connectivity index (χ0) is 26.6. The van der Waals surface area contributed by atoms with E-state index in [0.29, 0.717) is 32.5 Å². The second-order valence-electron chi connectivity index (χ2n) is 8.92. The van der Waals surface area contributed by atoms with Crippen molar-refractivity contribution >= 4 is 63.5 Å². The topological polar surface area (TPSA) is 41.9 Å². The van der Waals surface area contributed by atoms with E-state index in [1.54, 1.807) is 11.0 Å². The molecule has 7 heteroatoms. The fourth-order valence-corrected chi connectivity index (χ4v) is 5.19. The maximum absolute atomic E-state index is 13.6. The first-order chi connectivity index (χ1) is 18.4. The van der Waals surface area contributed by atoms with Crippen molar-refractivity contribution in [1.82, 2.24) is 0 Å². The minimum Gasteiger partial charge on any atom is -0.487 e. The normalized spacial score (nSPS) is 15.5. The van der Waals surface area contributed by atoms with E-state index in [1.807, 2.05) is 105 Å². The molecule has 0 atom stereocenters. The Kier molecular flexibility index (Phi) is 7.89. The lowest BCUT2D eigenvalue weighted by Crippen LogP contribution is -2.28. The Hall–Kier alpha value is -3.51. The summed E-state index contributed by atoms with van der Waals surface area (Å²) in [6.45, 7) is 4.42. The highest BCUT2D eigenvalue weighted by molar-refractivity contribution is 8.19. The van der Waals surface area contributed by atoms with Crippen LogP contribution >= 0.6 is 35.0 Å². The van der Waals surface area contributed by atoms with E-state index < -0.39 is 0 Å². The van der Waals surface area contributed by atoms with Crippen molar-refractivity contribution in [2.75, 3.05) is 4.90 Å². The third-order valence-corrected chi connectivity index (χ3v) is 7.43. The summed E-state index contributed by atoms with van der Waals surface area (Å²) in [6.07, 6.45) is 1.83. The van der Waals surface area contributed by atoms with Gasteiger partial charge in [-0.15, -0.1) is 0 Å². The number of aliphatic imine (C=N–C) groups is 1. The van der Waals surface area contributed by atoms with E-state index in [2.05, 4.69) is 0 Å². The van der Waals surface area contributed by atoms with Crippen molar-refractivity contribution in [1.29, 1.82) is 0 Å². The highest BCUT2D eigenvalue weighted by atomic mass is 35.5. The number of aryl methyl sites for hydroxylation is 2. The molecule has 0 N–H and O–H groups in total. The van der Waals surface area contributed by atoms with Gasteiger partial charge in [0.25, 0.3) is 5.91 Å². The quantitative estimate of drug-likeness (QED) is 0.222. The van der Waals surface area contributed by atoms with Crippen LogP contribution in [0.1, 0.15) is 22.3 Å². The molecule has 1 heterocycles. The summed E-state index contributed by atoms with van der Waals surface area (Å²) in [5.41, 5.74) is 5.61. The van der Waals surface area contributed by atoms with E-state index in [-0.39, 0.29) is 5.91 Å². The SMILES string of the molecule is Cc1ccc(N=C2S/C(=C\c3ccc(OCc4ccc(Cl)cc4)c(Cl)c3)C(=O)N2c2ccc(C)cc2)cc1. The summed E-state index contributed by atoms with van der Waals surface area (Å²) in [5, 5.41) is 1.74. The van der Waals surface area contributed by atoms with Gasteiger partial charge in [0.05, 0.1) is 21.3 Å². The van der Waals surface area contributed by atoms with Gasteiger partial charge < -0.3 is 4.74 Å². The van der Waals surface area contributed by atoms with Crippen LogP contribution in [0.25, 0.3) is 6.08 Å². The third kappa shape index (κ3) is 6.13. The van der Waals surface area contributed by atoms with Crippen LogP contribution < -0.4 is 9.64 Å². The van der Waals surface area contributed by atoms with Crippen molar-refractivity contribution in [3.63, 3.8) is 0 Å². The molecule has 4 aromatic rings. The molecule has 0 spiro atoms. The lowest BCUT2D eigenvalue weighted by Gasteiger charge is -2.16. The summed E-state index contributed by atoms with van der Waals surface area (Å²) in [4.78, 5) is 20.6. The molecule has 1 amide bonds. The highest BCUT2D eigenvalue weighted by Crippen LogP contribution is 2.38. The number of amides is 1. The van der Waals surface area contributed by atoms with Crippen molar-refractivity contribution in [3.05, 3.63) is 128 Å². The van der Waals surface area contributed by atoms with Gasteiger partial charge in [-0.25, -0.2) is 4.99 Å². The standard InChI is InChI=1S/C31H24Cl2N2O2S/c1-20-3-12-25(13-4-20)34-31-35(26-14-5-21(2)6-15-26)30(36)29(38-31)18-23-9-16-28(27(33)17-23)37-19-22-7-10-24(32)11-8-22/h3-18H,19H2,1-2H3/b29-18-,34-31?. The Morgan fingerprint density at radius 1 is 0.868 bits per heavy atom. The molecule has 0 saturated carbocycles. The summed E-state index contributed by atoms with van der Waals surface area (Å²) >= 11 is 13.8. The number of rotatable bonds is 6. The van der Waals surface area contributed by atoms with E-state index in [1.165, 1.54) is 11.8 Å². The van der Waals surface area contributed by atoms with E-state index >= 15 is 0 Å². The molecule has 4 aromatic carbocycles. The Morgan fingerprint density at radius 2 is 1.53 bits per heavy atom. The van der Waals surface area contributed by atoms with Crippen LogP contribution in [0.2, 0.25) is 10.0 Å². The van der Waals surface area contributed by atoms with Gasteiger partial charge in [-0.3, -0.25) is 9.69 Å². The number of hydrogen-bond acceptors (Lipinski definition) is 4. The highest BCUT2D eigenvalue weighted by Gasteiger charge is 2.34. The van der Waals surface area contributed by atoms with Crippen molar-refractivity contribution in [2.24, 2.45) is 4.99 Å². The summed E-state index contributed by atoms with van der Waals surface area (Å²) < 4.78 is 5.89. The van der Waals surface area contributed by atoms with Gasteiger partial charge in [-0.2, -0.15) is 0 Å². The summed E-state index contributed by atoms with van der Waals surface area (Å²) in [6, 6.07) is 28.7. The number of thioether (sulfide) groups is 1. The third-order valence-electron chi connectivity index (χ3n) is 5.92. The van der Waals surface area contributed by atoms with Crippen molar-refractivity contribution in [3.8, 4) is 5.75 Å². The van der Waals surface area contributed by atoms with Crippen LogP contribution in [0.15, 0.2) is 101 Å². The number of halogens is 2. The molecule has 0 bridgehead atoms. The molecule has 0 radical (unpaired) electrons. The fraction of sp³-hybridized carbons (Fsp3) is 0.0968. The number of carbonyl (C=O) groups is 1. The molecule has 0 aliphatic carbocycles. The van der Waals surface area contributed by atoms with Gasteiger partial charge in [0, 0.05) is 5.02 Å². The van der Waals surface area contributed by atoms with Crippen LogP contribution in [0, 0.1) is 13.8 Å². The Bertz CT molecular complexity index is 1530. The van der Waals surface area contributed by atoms with E-state index in [4.69, 9.17) is 32.9 Å². The molecular formula is C31H24Cl2N2O2S. The van der Waals surface area contributed by atoms with Crippen LogP contribution in [0.3, 0.4) is 0 Å². The van der Waals surface area contributed by atoms with Gasteiger partial charge in [0.2, 0.25) is 0 Å². The predicted molar refractivity (Wildman–Crippen MR) is 160 cm³/mol. The first kappa shape index (κ1) is 26.1. The smallest absolute Gasteiger partial charge is 0.271 e. The summed E-state index contributed by atoms with van der Waals surface area (Å²) in [7, 11) is 0. The fourth-order valence-electron chi connectivity index (χ4n) is 3.82. The largest absolute Gasteiger partial charge is 0.487 e. The first-order valence-corrected chi connectivity index (χ1v) is 13.6. The molecule has 4 nitrogen and oxygen atoms in total. The number of anilines is 1. The minimum atomic E-state index is -0.135. The average Bonchev–Trinajstić information content (AvgIpc) is 3.20. The number of amidine groups is 1. The Labute approximate surface area is 236 Å². The lowest BCUT2D eigenvalue weighted by atomic mass is 10.2. The Morgan fingerprint density at radius 3 is 2.18 bits per heavy atom. The number of ether oxygens (including phenoxy) is 1. The van der Waals surface area contributed by atoms with Gasteiger partial charge >= 0.3 is 0 Å². The molecule has 0 aromatic heterocycles. The average molecular weight is 560 g/mol. The molecule has 1 fully saturated rings. The van der Waals surface area contributed by atoms with Crippen LogP contribution in [-0.2, 0) is 11.4 Å². The molecule has 190 valence electrons. The zero-order valence-electron chi connectivity index (χ0n) is 20.8. The van der Waals surface area contributed by atoms with Gasteiger partial charge in [-0.1, -0.05) is 76.8 Å². The number of benzene rings is 4. The number of carbonyl (C=O) groups excluding carboxylic acids is 1. The summed E-state index contributed by atoms with van der Waals surface area (Å²) in [5.74, 6) is 0.431. The van der Waals surface area contributed by atoms with E-state index in [9.17, 15) is 4.79 Å². The van der Waals surface area contributed by atoms with Crippen molar-refractivity contribution in [2.45, 2.75) is 20.5 Å². The molecule has 1 aliphatic heterocycles. The molecule has 1 aliphatic rings. The van der Waals surface area contributed by atoms with Crippen LogP contribution in [0.5, 0.6) is 5.75 Å². The van der Waals surface area contributed by atoms with Gasteiger partial charge in [0.15, 0.2) is 5.17 Å². The lowest BCUT2D eigenvalue weighted by molar-refractivity contribution is -0.113. The van der Waals surface area contributed by atoms with Gasteiger partial charge in [-0.05, 0) is 91.3 Å². The maximum Gasteiger partial charge on any atom is 0.271 e. The second kappa shape index (κ2) is 11.5. The minimum absolute atomic E-state index is 0.135. The first-order valence-electron chi connectivity index (χ1n) is 12.0. The van der Waals surface area contributed by atoms with Crippen LogP contribution in [-0.4, -0.2) is 11.1 Å².